The quantitative estimate of drug-likeness (QED) is 0.707. The molecule has 1 aromatic rings. The number of aliphatic hydroxyl groups is 1. The second kappa shape index (κ2) is 4.96. The Morgan fingerprint density at radius 2 is 2.20 bits per heavy atom. The first kappa shape index (κ1) is 13.2. The fourth-order valence-corrected chi connectivity index (χ4v) is 2.92. The van der Waals surface area contributed by atoms with E-state index in [2.05, 4.69) is 0 Å². The molecule has 2 aliphatic rings. The van der Waals surface area contributed by atoms with Crippen molar-refractivity contribution in [1.82, 2.24) is 0 Å². The fourth-order valence-electron chi connectivity index (χ4n) is 2.92. The maximum Gasteiger partial charge on any atom is 0.303 e. The number of nitrogens with zero attached hydrogens (tertiary/aromatic N) is 1. The molecule has 1 unspecified atom stereocenters. The zero-order valence-electron chi connectivity index (χ0n) is 10.9. The number of piperidine rings is 1. The van der Waals surface area contributed by atoms with Crippen LogP contribution in [-0.2, 0) is 4.79 Å². The van der Waals surface area contributed by atoms with Crippen LogP contribution in [0.1, 0.15) is 23.2 Å². The summed E-state index contributed by atoms with van der Waals surface area (Å²) in [6.45, 7) is 1.75. The molecule has 0 saturated carbocycles. The van der Waals surface area contributed by atoms with Crippen molar-refractivity contribution < 1.29 is 24.0 Å². The van der Waals surface area contributed by atoms with Crippen LogP contribution in [0.15, 0.2) is 18.2 Å². The van der Waals surface area contributed by atoms with Crippen LogP contribution in [0.4, 0.5) is 10.1 Å². The third-order valence-electron chi connectivity index (χ3n) is 3.91. The van der Waals surface area contributed by atoms with Crippen LogP contribution >= 0.6 is 0 Å². The van der Waals surface area contributed by atoms with Gasteiger partial charge >= 0.3 is 5.91 Å². The maximum absolute atomic E-state index is 13.2. The first-order chi connectivity index (χ1) is 9.56. The molecule has 2 heterocycles. The van der Waals surface area contributed by atoms with E-state index in [1.165, 1.54) is 17.0 Å². The Labute approximate surface area is 115 Å². The minimum atomic E-state index is -0.656. The number of ketones is 1. The molecule has 0 aliphatic carbocycles. The van der Waals surface area contributed by atoms with Crippen LogP contribution in [0.2, 0.25) is 0 Å². The minimum absolute atomic E-state index is 0.131. The number of benzene rings is 1. The molecule has 1 amide bonds. The Morgan fingerprint density at radius 1 is 1.40 bits per heavy atom. The molecule has 20 heavy (non-hydrogen) atoms. The summed E-state index contributed by atoms with van der Waals surface area (Å²) in [5, 5.41) is 9.66. The number of rotatable bonds is 2. The Bertz CT molecular complexity index is 576. The first-order valence-corrected chi connectivity index (χ1v) is 6.73. The predicted molar refractivity (Wildman–Crippen MR) is 69.0 cm³/mol. The summed E-state index contributed by atoms with van der Waals surface area (Å²) in [6.07, 6.45) is 1.31. The predicted octanol–water partition coefficient (Wildman–Crippen LogP) is -0.648. The smallest absolute Gasteiger partial charge is 0.303 e. The molecule has 1 aromatic carbocycles. The van der Waals surface area contributed by atoms with Gasteiger partial charge in [-0.3, -0.25) is 14.5 Å². The van der Waals surface area contributed by atoms with Gasteiger partial charge in [0.15, 0.2) is 6.67 Å². The van der Waals surface area contributed by atoms with Crippen LogP contribution < -0.4 is 9.80 Å². The molecule has 0 bridgehead atoms. The van der Waals surface area contributed by atoms with Crippen LogP contribution in [0, 0.1) is 5.82 Å². The highest BCUT2D eigenvalue weighted by molar-refractivity contribution is 6.52. The van der Waals surface area contributed by atoms with Gasteiger partial charge in [-0.15, -0.1) is 0 Å². The number of hydrogen-bond acceptors (Lipinski definition) is 3. The molecule has 3 rings (SSSR count). The van der Waals surface area contributed by atoms with E-state index in [-0.39, 0.29) is 11.7 Å². The molecule has 0 aromatic heterocycles. The standard InChI is InChI=1S/C14H15FN2O3/c15-9-3-4-12-11(6-9)13(19)14(20)17(12)8-16-5-1-2-10(18)7-16/h3-4,6,10,18H,1-2,5,7-8H2/p+1/t10-/m1/s1. The van der Waals surface area contributed by atoms with E-state index in [1.54, 1.807) is 0 Å². The highest BCUT2D eigenvalue weighted by Gasteiger charge is 2.38. The number of hydrogen-bond donors (Lipinski definition) is 2. The van der Waals surface area contributed by atoms with E-state index in [0.717, 1.165) is 30.4 Å². The SMILES string of the molecule is O=C1C(=O)N(C[NH+]2CCC[C@@H](O)C2)c2ccc(F)cc21. The number of nitrogens with one attached hydrogen (secondary N) is 1. The minimum Gasteiger partial charge on any atom is -0.387 e. The number of quaternary nitrogens is 1. The summed E-state index contributed by atoms with van der Waals surface area (Å²) in [7, 11) is 0. The van der Waals surface area contributed by atoms with Gasteiger partial charge in [0.1, 0.15) is 18.5 Å². The van der Waals surface area contributed by atoms with Gasteiger partial charge in [-0.05, 0) is 31.0 Å². The number of amides is 1. The van der Waals surface area contributed by atoms with Crippen molar-refractivity contribution >= 4 is 17.4 Å². The molecular weight excluding hydrogens is 263 g/mol. The fraction of sp³-hybridized carbons (Fsp3) is 0.429. The van der Waals surface area contributed by atoms with Gasteiger partial charge in [0, 0.05) is 0 Å². The lowest BCUT2D eigenvalue weighted by molar-refractivity contribution is -0.907. The van der Waals surface area contributed by atoms with Gasteiger partial charge in [0.2, 0.25) is 0 Å². The summed E-state index contributed by atoms with van der Waals surface area (Å²) in [6, 6.07) is 3.82. The van der Waals surface area contributed by atoms with Gasteiger partial charge in [-0.2, -0.15) is 0 Å². The zero-order chi connectivity index (χ0) is 14.3. The number of aliphatic hydroxyl groups excluding tert-OH is 1. The van der Waals surface area contributed by atoms with E-state index in [1.807, 2.05) is 0 Å². The van der Waals surface area contributed by atoms with Crippen molar-refractivity contribution in [3.8, 4) is 0 Å². The summed E-state index contributed by atoms with van der Waals surface area (Å²) in [4.78, 5) is 26.3. The molecule has 6 heteroatoms. The van der Waals surface area contributed by atoms with Crippen molar-refractivity contribution in [2.24, 2.45) is 0 Å². The van der Waals surface area contributed by atoms with Gasteiger partial charge in [0.05, 0.1) is 17.8 Å². The van der Waals surface area contributed by atoms with Crippen molar-refractivity contribution in [3.63, 3.8) is 0 Å². The number of carbonyl (C=O) groups is 2. The number of Topliss-reactive ketones (excluding diaryl/α,β-unsaturated/α-hetero) is 1. The second-order valence-electron chi connectivity index (χ2n) is 5.38. The average molecular weight is 279 g/mol. The highest BCUT2D eigenvalue weighted by Crippen LogP contribution is 2.28. The molecule has 0 radical (unpaired) electrons. The molecule has 2 atom stereocenters. The van der Waals surface area contributed by atoms with Gasteiger partial charge in [-0.25, -0.2) is 4.39 Å². The Hall–Kier alpha value is -1.79. The van der Waals surface area contributed by atoms with E-state index in [0.29, 0.717) is 18.9 Å². The summed E-state index contributed by atoms with van der Waals surface area (Å²) >= 11 is 0. The van der Waals surface area contributed by atoms with Crippen molar-refractivity contribution in [3.05, 3.63) is 29.6 Å². The molecule has 5 nitrogen and oxygen atoms in total. The van der Waals surface area contributed by atoms with Gasteiger partial charge < -0.3 is 10.0 Å². The summed E-state index contributed by atoms with van der Waals surface area (Å²) in [5.41, 5.74) is 0.598. The lowest BCUT2D eigenvalue weighted by Gasteiger charge is -2.30. The maximum atomic E-state index is 13.2. The monoisotopic (exact) mass is 279 g/mol. The molecular formula is C14H16FN2O3+. The molecule has 106 valence electrons. The number of halogens is 1. The Kier molecular flexibility index (Phi) is 3.27. The van der Waals surface area contributed by atoms with Gasteiger partial charge in [-0.1, -0.05) is 0 Å². The lowest BCUT2D eigenvalue weighted by atomic mass is 10.1. The van der Waals surface area contributed by atoms with Crippen molar-refractivity contribution in [2.75, 3.05) is 24.7 Å². The molecule has 2 N–H and O–H groups in total. The number of fused-ring (bicyclic) bond motifs is 1. The number of likely N-dealkylation sites (tertiary alicyclic amines) is 1. The third-order valence-corrected chi connectivity index (χ3v) is 3.91. The molecule has 0 spiro atoms. The second-order valence-corrected chi connectivity index (χ2v) is 5.38. The van der Waals surface area contributed by atoms with Crippen molar-refractivity contribution in [2.45, 2.75) is 18.9 Å². The molecule has 2 aliphatic heterocycles. The summed E-state index contributed by atoms with van der Waals surface area (Å²) in [5.74, 6) is -1.79. The molecule has 1 saturated heterocycles. The van der Waals surface area contributed by atoms with E-state index in [4.69, 9.17) is 0 Å². The number of anilines is 1. The third kappa shape index (κ3) is 2.21. The van der Waals surface area contributed by atoms with Gasteiger partial charge in [0.25, 0.3) is 5.78 Å². The zero-order valence-corrected chi connectivity index (χ0v) is 10.9. The van der Waals surface area contributed by atoms with Crippen LogP contribution in [0.25, 0.3) is 0 Å². The normalized spacial score (nSPS) is 26.0. The topological polar surface area (TPSA) is 62.0 Å². The first-order valence-electron chi connectivity index (χ1n) is 6.73. The Morgan fingerprint density at radius 3 is 2.95 bits per heavy atom. The lowest BCUT2D eigenvalue weighted by Crippen LogP contribution is -3.15. The van der Waals surface area contributed by atoms with Crippen LogP contribution in [0.3, 0.4) is 0 Å². The highest BCUT2D eigenvalue weighted by atomic mass is 19.1. The summed E-state index contributed by atoms with van der Waals surface area (Å²) < 4.78 is 13.2. The Balaban J connectivity index is 1.84. The van der Waals surface area contributed by atoms with E-state index in [9.17, 15) is 19.1 Å². The van der Waals surface area contributed by atoms with E-state index >= 15 is 0 Å². The van der Waals surface area contributed by atoms with Crippen molar-refractivity contribution in [1.29, 1.82) is 0 Å². The van der Waals surface area contributed by atoms with E-state index < -0.39 is 17.5 Å². The largest absolute Gasteiger partial charge is 0.387 e. The average Bonchev–Trinajstić information content (AvgIpc) is 2.64. The number of carbonyl (C=O) groups excluding carboxylic acids is 2. The van der Waals surface area contributed by atoms with Crippen LogP contribution in [0.5, 0.6) is 0 Å². The van der Waals surface area contributed by atoms with Crippen LogP contribution in [-0.4, -0.2) is 42.7 Å². The molecule has 1 fully saturated rings.